The summed E-state index contributed by atoms with van der Waals surface area (Å²) in [6.45, 7) is 2.38. The van der Waals surface area contributed by atoms with Crippen LogP contribution < -0.4 is 11.1 Å². The highest BCUT2D eigenvalue weighted by atomic mass is 35.5. The van der Waals surface area contributed by atoms with Gasteiger partial charge in [-0.15, -0.1) is 0 Å². The summed E-state index contributed by atoms with van der Waals surface area (Å²) in [7, 11) is 0. The molecular formula is C16H16ClN3O3. The molecule has 2 aromatic rings. The summed E-state index contributed by atoms with van der Waals surface area (Å²) in [4.78, 5) is 22.2. The van der Waals surface area contributed by atoms with Crippen LogP contribution in [0.15, 0.2) is 36.4 Å². The number of nitro groups is 1. The Balaban J connectivity index is 1.98. The van der Waals surface area contributed by atoms with Gasteiger partial charge in [-0.3, -0.25) is 14.9 Å². The second-order valence-corrected chi connectivity index (χ2v) is 5.54. The fraction of sp³-hybridized carbons (Fsp3) is 0.188. The van der Waals surface area contributed by atoms with Crippen molar-refractivity contribution >= 4 is 28.9 Å². The van der Waals surface area contributed by atoms with Gasteiger partial charge in [0.25, 0.3) is 11.6 Å². The third-order valence-corrected chi connectivity index (χ3v) is 3.71. The van der Waals surface area contributed by atoms with Crippen molar-refractivity contribution in [2.24, 2.45) is 0 Å². The Hall–Kier alpha value is -2.60. The monoisotopic (exact) mass is 333 g/mol. The Morgan fingerprint density at radius 1 is 1.30 bits per heavy atom. The molecule has 0 aliphatic heterocycles. The third-order valence-electron chi connectivity index (χ3n) is 3.48. The van der Waals surface area contributed by atoms with Crippen molar-refractivity contribution < 1.29 is 9.72 Å². The van der Waals surface area contributed by atoms with E-state index in [2.05, 4.69) is 5.32 Å². The summed E-state index contributed by atoms with van der Waals surface area (Å²) >= 11 is 5.90. The molecule has 7 heteroatoms. The number of nitrogen functional groups attached to an aromatic ring is 1. The quantitative estimate of drug-likeness (QED) is 0.499. The number of nitro benzene ring substituents is 1. The maximum Gasteiger partial charge on any atom is 0.271 e. The van der Waals surface area contributed by atoms with Crippen molar-refractivity contribution in [1.82, 2.24) is 5.32 Å². The van der Waals surface area contributed by atoms with E-state index in [4.69, 9.17) is 17.3 Å². The number of hydrogen-bond donors (Lipinski definition) is 2. The van der Waals surface area contributed by atoms with Gasteiger partial charge in [0.2, 0.25) is 0 Å². The van der Waals surface area contributed by atoms with Gasteiger partial charge < -0.3 is 11.1 Å². The van der Waals surface area contributed by atoms with Crippen LogP contribution in [0, 0.1) is 17.0 Å². The normalized spacial score (nSPS) is 10.3. The number of halogens is 1. The lowest BCUT2D eigenvalue weighted by molar-refractivity contribution is -0.384. The van der Waals surface area contributed by atoms with E-state index in [1.165, 1.54) is 18.2 Å². The lowest BCUT2D eigenvalue weighted by Crippen LogP contribution is -2.26. The number of nitrogens with one attached hydrogen (secondary N) is 1. The van der Waals surface area contributed by atoms with Crippen molar-refractivity contribution in [2.45, 2.75) is 13.3 Å². The molecule has 0 bridgehead atoms. The number of anilines is 1. The molecule has 120 valence electrons. The predicted molar refractivity (Wildman–Crippen MR) is 89.7 cm³/mol. The first-order valence-corrected chi connectivity index (χ1v) is 7.33. The van der Waals surface area contributed by atoms with Crippen molar-refractivity contribution in [3.8, 4) is 0 Å². The molecule has 0 saturated heterocycles. The number of nitrogens with two attached hydrogens (primary N) is 1. The number of amides is 1. The molecule has 2 aromatic carbocycles. The standard InChI is InChI=1S/C16H16ClN3O3/c1-10-8-12(17)3-2-11(10)6-7-19-16(21)14-5-4-13(20(22)23)9-15(14)18/h2-5,8-9H,6-7,18H2,1H3,(H,19,21). The van der Waals surface area contributed by atoms with Crippen LogP contribution in [0.25, 0.3) is 0 Å². The molecule has 0 radical (unpaired) electrons. The number of non-ortho nitro benzene ring substituents is 1. The SMILES string of the molecule is Cc1cc(Cl)ccc1CCNC(=O)c1ccc([N+](=O)[O-])cc1N. The molecule has 0 unspecified atom stereocenters. The van der Waals surface area contributed by atoms with E-state index in [0.29, 0.717) is 18.0 Å². The zero-order valence-electron chi connectivity index (χ0n) is 12.5. The third kappa shape index (κ3) is 4.20. The Bertz CT molecular complexity index is 762. The lowest BCUT2D eigenvalue weighted by Gasteiger charge is -2.09. The molecule has 0 heterocycles. The van der Waals surface area contributed by atoms with Crippen molar-refractivity contribution in [2.75, 3.05) is 12.3 Å². The van der Waals surface area contributed by atoms with Crippen LogP contribution in [-0.4, -0.2) is 17.4 Å². The van der Waals surface area contributed by atoms with E-state index in [0.717, 1.165) is 11.1 Å². The Morgan fingerprint density at radius 2 is 2.04 bits per heavy atom. The molecule has 0 atom stereocenters. The molecule has 2 rings (SSSR count). The largest absolute Gasteiger partial charge is 0.398 e. The molecule has 1 amide bonds. The van der Waals surface area contributed by atoms with Gasteiger partial charge in [0.05, 0.1) is 16.2 Å². The van der Waals surface area contributed by atoms with Crippen LogP contribution in [0.4, 0.5) is 11.4 Å². The van der Waals surface area contributed by atoms with E-state index in [1.807, 2.05) is 19.1 Å². The topological polar surface area (TPSA) is 98.3 Å². The highest BCUT2D eigenvalue weighted by Crippen LogP contribution is 2.20. The first-order valence-electron chi connectivity index (χ1n) is 6.95. The molecule has 0 aliphatic rings. The predicted octanol–water partition coefficient (Wildman–Crippen LogP) is 3.11. The zero-order valence-corrected chi connectivity index (χ0v) is 13.3. The molecule has 0 aromatic heterocycles. The second-order valence-electron chi connectivity index (χ2n) is 5.11. The summed E-state index contributed by atoms with van der Waals surface area (Å²) in [5, 5.41) is 14.1. The number of benzene rings is 2. The second kappa shape index (κ2) is 7.11. The summed E-state index contributed by atoms with van der Waals surface area (Å²) in [6.07, 6.45) is 0.654. The summed E-state index contributed by atoms with van der Waals surface area (Å²) in [6, 6.07) is 9.39. The van der Waals surface area contributed by atoms with Crippen LogP contribution in [0.2, 0.25) is 5.02 Å². The fourth-order valence-corrected chi connectivity index (χ4v) is 2.44. The molecule has 0 spiro atoms. The van der Waals surface area contributed by atoms with E-state index < -0.39 is 4.92 Å². The van der Waals surface area contributed by atoms with Crippen molar-refractivity contribution in [3.05, 3.63) is 68.2 Å². The smallest absolute Gasteiger partial charge is 0.271 e. The van der Waals surface area contributed by atoms with Gasteiger partial charge in [-0.1, -0.05) is 17.7 Å². The molecule has 23 heavy (non-hydrogen) atoms. The van der Waals surface area contributed by atoms with Gasteiger partial charge in [0, 0.05) is 23.7 Å². The molecule has 0 aliphatic carbocycles. The van der Waals surface area contributed by atoms with Gasteiger partial charge in [0.1, 0.15) is 0 Å². The van der Waals surface area contributed by atoms with E-state index in [9.17, 15) is 14.9 Å². The van der Waals surface area contributed by atoms with Gasteiger partial charge in [0.15, 0.2) is 0 Å². The van der Waals surface area contributed by atoms with Crippen LogP contribution in [0.1, 0.15) is 21.5 Å². The average molecular weight is 334 g/mol. The minimum absolute atomic E-state index is 0.0828. The number of aryl methyl sites for hydroxylation is 1. The van der Waals surface area contributed by atoms with Crippen LogP contribution in [0.5, 0.6) is 0 Å². The minimum Gasteiger partial charge on any atom is -0.398 e. The summed E-state index contributed by atoms with van der Waals surface area (Å²) < 4.78 is 0. The highest BCUT2D eigenvalue weighted by molar-refractivity contribution is 6.30. The Kier molecular flexibility index (Phi) is 5.18. The van der Waals surface area contributed by atoms with Gasteiger partial charge >= 0.3 is 0 Å². The van der Waals surface area contributed by atoms with Crippen LogP contribution in [0.3, 0.4) is 0 Å². The fourth-order valence-electron chi connectivity index (χ4n) is 2.22. The van der Waals surface area contributed by atoms with E-state index in [1.54, 1.807) is 6.07 Å². The maximum absolute atomic E-state index is 12.1. The molecule has 3 N–H and O–H groups in total. The maximum atomic E-state index is 12.1. The summed E-state index contributed by atoms with van der Waals surface area (Å²) in [5.74, 6) is -0.357. The van der Waals surface area contributed by atoms with Gasteiger partial charge in [-0.2, -0.15) is 0 Å². The van der Waals surface area contributed by atoms with Crippen molar-refractivity contribution in [1.29, 1.82) is 0 Å². The van der Waals surface area contributed by atoms with Crippen LogP contribution in [-0.2, 0) is 6.42 Å². The number of rotatable bonds is 5. The van der Waals surface area contributed by atoms with Crippen LogP contribution >= 0.6 is 11.6 Å². The van der Waals surface area contributed by atoms with Gasteiger partial charge in [-0.25, -0.2) is 0 Å². The van der Waals surface area contributed by atoms with E-state index in [-0.39, 0.29) is 22.8 Å². The number of carbonyl (C=O) groups is 1. The van der Waals surface area contributed by atoms with Crippen molar-refractivity contribution in [3.63, 3.8) is 0 Å². The first kappa shape index (κ1) is 16.8. The van der Waals surface area contributed by atoms with Gasteiger partial charge in [-0.05, 0) is 42.7 Å². The average Bonchev–Trinajstić information content (AvgIpc) is 2.49. The minimum atomic E-state index is -0.554. The zero-order chi connectivity index (χ0) is 17.0. The lowest BCUT2D eigenvalue weighted by atomic mass is 10.1. The number of nitrogens with zero attached hydrogens (tertiary/aromatic N) is 1. The Morgan fingerprint density at radius 3 is 2.65 bits per heavy atom. The van der Waals surface area contributed by atoms with E-state index >= 15 is 0 Å². The summed E-state index contributed by atoms with van der Waals surface area (Å²) in [5.41, 5.74) is 8.02. The number of carbonyl (C=O) groups excluding carboxylic acids is 1. The highest BCUT2D eigenvalue weighted by Gasteiger charge is 2.14. The Labute approximate surface area is 138 Å². The molecule has 0 saturated carbocycles. The molecule has 6 nitrogen and oxygen atoms in total. The molecule has 0 fully saturated rings. The molecular weight excluding hydrogens is 318 g/mol. The number of hydrogen-bond acceptors (Lipinski definition) is 4. The first-order chi connectivity index (χ1) is 10.9.